The van der Waals surface area contributed by atoms with Gasteiger partial charge < -0.3 is 4.90 Å². The molecule has 2 aromatic carbocycles. The van der Waals surface area contributed by atoms with E-state index >= 15 is 0 Å². The second-order valence-electron chi connectivity index (χ2n) is 7.92. The predicted octanol–water partition coefficient (Wildman–Crippen LogP) is 5.57. The van der Waals surface area contributed by atoms with Crippen molar-refractivity contribution in [3.05, 3.63) is 69.2 Å². The summed E-state index contributed by atoms with van der Waals surface area (Å²) >= 11 is 12.2. The second-order valence-corrected chi connectivity index (χ2v) is 8.74. The Morgan fingerprint density at radius 1 is 1.10 bits per heavy atom. The van der Waals surface area contributed by atoms with Crippen LogP contribution in [0.25, 0.3) is 0 Å². The Morgan fingerprint density at radius 3 is 2.55 bits per heavy atom. The summed E-state index contributed by atoms with van der Waals surface area (Å²) in [5.41, 5.74) is 3.57. The Hall–Kier alpha value is -1.26. The van der Waals surface area contributed by atoms with Crippen LogP contribution in [-0.2, 0) is 17.6 Å². The standard InChI is InChI=1S/C23H26Cl2N2O.ClH/c1-26(22(28)15-16-8-10-19(24)20(25)14-16)23-18-7-3-2-6-17(18)9-11-21(23)27-12-4-5-13-27;/h2-3,6-8,10,14,21,23H,4-5,9,11-13,15H2,1H3;1H/t21-,23-;/m1./s1. The molecule has 1 heterocycles. The first-order chi connectivity index (χ1) is 13.5. The van der Waals surface area contributed by atoms with Crippen LogP contribution in [0.3, 0.4) is 0 Å². The highest BCUT2D eigenvalue weighted by Crippen LogP contribution is 2.38. The number of amides is 1. The molecule has 1 saturated heterocycles. The molecule has 0 unspecified atom stereocenters. The minimum Gasteiger partial charge on any atom is -0.337 e. The third kappa shape index (κ3) is 4.74. The van der Waals surface area contributed by atoms with Crippen molar-refractivity contribution in [2.75, 3.05) is 20.1 Å². The molecule has 6 heteroatoms. The van der Waals surface area contributed by atoms with Gasteiger partial charge in [0.2, 0.25) is 5.91 Å². The molecule has 29 heavy (non-hydrogen) atoms. The third-order valence-corrected chi connectivity index (χ3v) is 6.95. The summed E-state index contributed by atoms with van der Waals surface area (Å²) < 4.78 is 0. The molecule has 1 amide bonds. The normalized spacial score (nSPS) is 21.3. The molecule has 1 aliphatic carbocycles. The summed E-state index contributed by atoms with van der Waals surface area (Å²) in [4.78, 5) is 17.8. The van der Waals surface area contributed by atoms with E-state index in [0.29, 0.717) is 22.5 Å². The van der Waals surface area contributed by atoms with Gasteiger partial charge in [0.25, 0.3) is 0 Å². The lowest BCUT2D eigenvalue weighted by molar-refractivity contribution is -0.133. The quantitative estimate of drug-likeness (QED) is 0.604. The number of rotatable bonds is 4. The van der Waals surface area contributed by atoms with Gasteiger partial charge in [-0.25, -0.2) is 0 Å². The van der Waals surface area contributed by atoms with Crippen LogP contribution >= 0.6 is 35.6 Å². The van der Waals surface area contributed by atoms with E-state index < -0.39 is 0 Å². The van der Waals surface area contributed by atoms with Crippen molar-refractivity contribution >= 4 is 41.5 Å². The van der Waals surface area contributed by atoms with Gasteiger partial charge in [0.1, 0.15) is 0 Å². The highest BCUT2D eigenvalue weighted by molar-refractivity contribution is 6.42. The van der Waals surface area contributed by atoms with E-state index in [9.17, 15) is 4.79 Å². The van der Waals surface area contributed by atoms with Gasteiger partial charge >= 0.3 is 0 Å². The van der Waals surface area contributed by atoms with Crippen molar-refractivity contribution in [1.29, 1.82) is 0 Å². The molecule has 0 aromatic heterocycles. The van der Waals surface area contributed by atoms with Crippen LogP contribution in [-0.4, -0.2) is 41.9 Å². The Labute approximate surface area is 189 Å². The fourth-order valence-corrected chi connectivity index (χ4v) is 5.07. The lowest BCUT2D eigenvalue weighted by Gasteiger charge is -2.43. The number of aryl methyl sites for hydroxylation is 1. The van der Waals surface area contributed by atoms with Crippen molar-refractivity contribution in [1.82, 2.24) is 9.80 Å². The lowest BCUT2D eigenvalue weighted by atomic mass is 9.82. The molecular weight excluding hydrogens is 427 g/mol. The van der Waals surface area contributed by atoms with Crippen molar-refractivity contribution in [2.24, 2.45) is 0 Å². The number of fused-ring (bicyclic) bond motifs is 1. The first kappa shape index (κ1) is 22.4. The number of nitrogens with zero attached hydrogens (tertiary/aromatic N) is 2. The van der Waals surface area contributed by atoms with Crippen LogP contribution in [0.15, 0.2) is 42.5 Å². The van der Waals surface area contributed by atoms with Gasteiger partial charge in [-0.3, -0.25) is 9.69 Å². The molecule has 3 nitrogen and oxygen atoms in total. The van der Waals surface area contributed by atoms with Gasteiger partial charge in [-0.1, -0.05) is 53.5 Å². The Bertz CT molecular complexity index is 867. The van der Waals surface area contributed by atoms with E-state index in [1.165, 1.54) is 24.0 Å². The SMILES string of the molecule is CN(C(=O)Cc1ccc(Cl)c(Cl)c1)[C@@H]1c2ccccc2CC[C@H]1N1CCCC1.Cl. The van der Waals surface area contributed by atoms with E-state index in [0.717, 1.165) is 31.5 Å². The van der Waals surface area contributed by atoms with Crippen LogP contribution in [0.1, 0.15) is 42.0 Å². The molecule has 2 atom stereocenters. The molecule has 156 valence electrons. The molecule has 0 N–H and O–H groups in total. The van der Waals surface area contributed by atoms with Crippen LogP contribution in [0, 0.1) is 0 Å². The van der Waals surface area contributed by atoms with Crippen molar-refractivity contribution in [3.63, 3.8) is 0 Å². The van der Waals surface area contributed by atoms with Crippen LogP contribution in [0.4, 0.5) is 0 Å². The number of hydrogen-bond donors (Lipinski definition) is 0. The largest absolute Gasteiger partial charge is 0.337 e. The first-order valence-corrected chi connectivity index (χ1v) is 10.8. The summed E-state index contributed by atoms with van der Waals surface area (Å²) in [6, 6.07) is 14.5. The number of benzene rings is 2. The Morgan fingerprint density at radius 2 is 1.83 bits per heavy atom. The second kappa shape index (κ2) is 9.70. The predicted molar refractivity (Wildman–Crippen MR) is 122 cm³/mol. The number of carbonyl (C=O) groups is 1. The number of likely N-dealkylation sites (N-methyl/N-ethyl adjacent to an activating group) is 1. The molecular formula is C23H27Cl3N2O. The molecule has 2 aromatic rings. The highest BCUT2D eigenvalue weighted by atomic mass is 35.5. The molecule has 1 fully saturated rings. The zero-order chi connectivity index (χ0) is 19.7. The fraction of sp³-hybridized carbons (Fsp3) is 0.435. The van der Waals surface area contributed by atoms with Crippen LogP contribution in [0.2, 0.25) is 10.0 Å². The summed E-state index contributed by atoms with van der Waals surface area (Å²) in [6.45, 7) is 2.27. The maximum atomic E-state index is 13.2. The highest BCUT2D eigenvalue weighted by Gasteiger charge is 2.38. The molecule has 0 radical (unpaired) electrons. The monoisotopic (exact) mass is 452 g/mol. The van der Waals surface area contributed by atoms with Gasteiger partial charge in [0.15, 0.2) is 0 Å². The van der Waals surface area contributed by atoms with Gasteiger partial charge in [0.05, 0.1) is 22.5 Å². The number of likely N-dealkylation sites (tertiary alicyclic amines) is 1. The fourth-order valence-electron chi connectivity index (χ4n) is 4.75. The Balaban J connectivity index is 0.00000240. The Kier molecular flexibility index (Phi) is 7.50. The first-order valence-electron chi connectivity index (χ1n) is 10.1. The molecule has 0 spiro atoms. The van der Waals surface area contributed by atoms with E-state index in [1.54, 1.807) is 12.1 Å². The molecule has 1 aliphatic heterocycles. The van der Waals surface area contributed by atoms with Gasteiger partial charge in [-0.2, -0.15) is 0 Å². The molecule has 0 saturated carbocycles. The number of halogens is 3. The molecule has 2 aliphatic rings. The van der Waals surface area contributed by atoms with Crippen molar-refractivity contribution in [3.8, 4) is 0 Å². The number of carbonyl (C=O) groups excluding carboxylic acids is 1. The van der Waals surface area contributed by atoms with Gasteiger partial charge in [0, 0.05) is 13.1 Å². The number of hydrogen-bond acceptors (Lipinski definition) is 2. The minimum absolute atomic E-state index is 0. The maximum absolute atomic E-state index is 13.2. The van der Waals surface area contributed by atoms with Crippen molar-refractivity contribution < 1.29 is 4.79 Å². The molecule has 4 rings (SSSR count). The summed E-state index contributed by atoms with van der Waals surface area (Å²) in [6.07, 6.45) is 5.03. The summed E-state index contributed by atoms with van der Waals surface area (Å²) in [5.74, 6) is 0.115. The maximum Gasteiger partial charge on any atom is 0.227 e. The van der Waals surface area contributed by atoms with Crippen LogP contribution < -0.4 is 0 Å². The lowest BCUT2D eigenvalue weighted by Crippen LogP contribution is -2.48. The average Bonchev–Trinajstić information content (AvgIpc) is 3.24. The van der Waals surface area contributed by atoms with E-state index in [1.807, 2.05) is 18.0 Å². The minimum atomic E-state index is 0. The third-order valence-electron chi connectivity index (χ3n) is 6.21. The zero-order valence-corrected chi connectivity index (χ0v) is 18.9. The van der Waals surface area contributed by atoms with Gasteiger partial charge in [-0.15, -0.1) is 12.4 Å². The average molecular weight is 454 g/mol. The zero-order valence-electron chi connectivity index (χ0n) is 16.6. The van der Waals surface area contributed by atoms with E-state index in [4.69, 9.17) is 23.2 Å². The molecule has 0 bridgehead atoms. The van der Waals surface area contributed by atoms with E-state index in [2.05, 4.69) is 29.2 Å². The summed E-state index contributed by atoms with van der Waals surface area (Å²) in [5, 5.41) is 1.01. The topological polar surface area (TPSA) is 23.6 Å². The van der Waals surface area contributed by atoms with Gasteiger partial charge in [-0.05, 0) is 67.6 Å². The smallest absolute Gasteiger partial charge is 0.227 e. The van der Waals surface area contributed by atoms with E-state index in [-0.39, 0.29) is 24.4 Å². The summed E-state index contributed by atoms with van der Waals surface area (Å²) in [7, 11) is 1.95. The van der Waals surface area contributed by atoms with Crippen LogP contribution in [0.5, 0.6) is 0 Å². The van der Waals surface area contributed by atoms with Crippen molar-refractivity contribution in [2.45, 2.75) is 44.2 Å².